The van der Waals surface area contributed by atoms with E-state index in [-0.39, 0.29) is 12.0 Å². The molecule has 0 amide bonds. The van der Waals surface area contributed by atoms with Crippen LogP contribution in [0, 0.1) is 0 Å². The van der Waals surface area contributed by atoms with Gasteiger partial charge in [0.15, 0.2) is 5.69 Å². The second kappa shape index (κ2) is 5.20. The Bertz CT molecular complexity index is 495. The lowest BCUT2D eigenvalue weighted by Gasteiger charge is -2.21. The van der Waals surface area contributed by atoms with Crippen LogP contribution in [0.3, 0.4) is 0 Å². The number of nitrogens with one attached hydrogen (secondary N) is 2. The highest BCUT2D eigenvalue weighted by atomic mass is 19.4. The van der Waals surface area contributed by atoms with Crippen molar-refractivity contribution in [3.05, 3.63) is 17.0 Å². The van der Waals surface area contributed by atoms with Crippen LogP contribution in [0.1, 0.15) is 36.2 Å². The van der Waals surface area contributed by atoms with Gasteiger partial charge >= 0.3 is 6.18 Å². The zero-order valence-electron chi connectivity index (χ0n) is 11.1. The van der Waals surface area contributed by atoms with Gasteiger partial charge in [-0.3, -0.25) is 0 Å². The molecule has 1 aliphatic carbocycles. The Morgan fingerprint density at radius 2 is 1.95 bits per heavy atom. The first-order valence-corrected chi connectivity index (χ1v) is 6.98. The van der Waals surface area contributed by atoms with Gasteiger partial charge in [-0.1, -0.05) is 0 Å². The Hall–Kier alpha value is -1.37. The minimum absolute atomic E-state index is 0.109. The van der Waals surface area contributed by atoms with Crippen LogP contribution in [0.25, 0.3) is 0 Å². The number of fused-ring (bicyclic) bond motifs is 1. The topological polar surface area (TPSA) is 49.8 Å². The van der Waals surface area contributed by atoms with Crippen molar-refractivity contribution in [2.45, 2.75) is 44.3 Å². The van der Waals surface area contributed by atoms with E-state index < -0.39 is 11.9 Å². The van der Waals surface area contributed by atoms with E-state index in [1.165, 1.54) is 0 Å². The number of hydrogen-bond acceptors (Lipinski definition) is 4. The monoisotopic (exact) mass is 286 g/mol. The van der Waals surface area contributed by atoms with Crippen molar-refractivity contribution < 1.29 is 13.2 Å². The predicted octanol–water partition coefficient (Wildman–Crippen LogP) is 2.15. The van der Waals surface area contributed by atoms with E-state index in [1.807, 2.05) is 0 Å². The molecule has 0 saturated carbocycles. The van der Waals surface area contributed by atoms with Crippen LogP contribution < -0.4 is 10.6 Å². The zero-order chi connectivity index (χ0) is 14.2. The fourth-order valence-electron chi connectivity index (χ4n) is 2.85. The number of aromatic nitrogens is 2. The number of alkyl halides is 3. The van der Waals surface area contributed by atoms with Gasteiger partial charge in [-0.25, -0.2) is 9.97 Å². The Morgan fingerprint density at radius 3 is 2.65 bits per heavy atom. The molecule has 2 heterocycles. The van der Waals surface area contributed by atoms with Crippen LogP contribution in [-0.2, 0) is 19.0 Å². The second-order valence-electron chi connectivity index (χ2n) is 5.36. The molecule has 1 saturated heterocycles. The molecule has 0 spiro atoms. The first-order valence-electron chi connectivity index (χ1n) is 6.98. The number of aryl methyl sites for hydroxylation is 1. The second-order valence-corrected chi connectivity index (χ2v) is 5.36. The molecule has 3 rings (SSSR count). The summed E-state index contributed by atoms with van der Waals surface area (Å²) in [5.74, 6) is 0.117. The van der Waals surface area contributed by atoms with Crippen molar-refractivity contribution in [2.24, 2.45) is 0 Å². The quantitative estimate of drug-likeness (QED) is 0.874. The molecular formula is C13H17F3N4. The Kier molecular flexibility index (Phi) is 3.54. The third kappa shape index (κ3) is 2.72. The highest BCUT2D eigenvalue weighted by Gasteiger charge is 2.38. The lowest BCUT2D eigenvalue weighted by Crippen LogP contribution is -2.26. The van der Waals surface area contributed by atoms with Crippen molar-refractivity contribution >= 4 is 5.95 Å². The number of rotatable bonds is 2. The minimum Gasteiger partial charge on any atom is -0.350 e. The highest BCUT2D eigenvalue weighted by Crippen LogP contribution is 2.35. The van der Waals surface area contributed by atoms with Gasteiger partial charge in [0.25, 0.3) is 0 Å². The molecule has 1 fully saturated rings. The third-order valence-corrected chi connectivity index (χ3v) is 3.85. The van der Waals surface area contributed by atoms with Crippen LogP contribution in [0.2, 0.25) is 0 Å². The number of halogens is 3. The Morgan fingerprint density at radius 1 is 1.15 bits per heavy atom. The molecule has 1 aromatic rings. The van der Waals surface area contributed by atoms with Crippen LogP contribution in [0.4, 0.5) is 19.1 Å². The van der Waals surface area contributed by atoms with E-state index in [4.69, 9.17) is 0 Å². The van der Waals surface area contributed by atoms with Crippen LogP contribution in [0.15, 0.2) is 0 Å². The van der Waals surface area contributed by atoms with E-state index in [9.17, 15) is 13.2 Å². The van der Waals surface area contributed by atoms with Crippen molar-refractivity contribution in [1.82, 2.24) is 15.3 Å². The molecule has 4 nitrogen and oxygen atoms in total. The predicted molar refractivity (Wildman–Crippen MR) is 68.6 cm³/mol. The molecule has 1 aromatic heterocycles. The van der Waals surface area contributed by atoms with Gasteiger partial charge in [0, 0.05) is 23.8 Å². The third-order valence-electron chi connectivity index (χ3n) is 3.85. The molecule has 1 aliphatic heterocycles. The summed E-state index contributed by atoms with van der Waals surface area (Å²) in [5, 5.41) is 6.18. The van der Waals surface area contributed by atoms with E-state index in [0.717, 1.165) is 32.4 Å². The molecule has 1 unspecified atom stereocenters. The molecule has 2 aliphatic rings. The molecule has 1 atom stereocenters. The first kappa shape index (κ1) is 13.6. The minimum atomic E-state index is -4.41. The maximum Gasteiger partial charge on any atom is 0.433 e. The summed E-state index contributed by atoms with van der Waals surface area (Å²) < 4.78 is 39.4. The van der Waals surface area contributed by atoms with Crippen LogP contribution in [0.5, 0.6) is 0 Å². The fourth-order valence-corrected chi connectivity index (χ4v) is 2.85. The molecular weight excluding hydrogens is 269 g/mol. The molecule has 0 radical (unpaired) electrons. The van der Waals surface area contributed by atoms with Gasteiger partial charge in [-0.15, -0.1) is 0 Å². The smallest absolute Gasteiger partial charge is 0.350 e. The lowest BCUT2D eigenvalue weighted by molar-refractivity contribution is -0.142. The summed E-state index contributed by atoms with van der Waals surface area (Å²) in [7, 11) is 0. The molecule has 7 heteroatoms. The first-order chi connectivity index (χ1) is 9.54. The number of hydrogen-bond donors (Lipinski definition) is 2. The van der Waals surface area contributed by atoms with E-state index in [2.05, 4.69) is 20.6 Å². The van der Waals surface area contributed by atoms with Gasteiger partial charge in [-0.2, -0.15) is 13.2 Å². The van der Waals surface area contributed by atoms with Crippen LogP contribution in [-0.4, -0.2) is 29.1 Å². The van der Waals surface area contributed by atoms with E-state index in [0.29, 0.717) is 24.1 Å². The van der Waals surface area contributed by atoms with Gasteiger partial charge < -0.3 is 10.6 Å². The molecule has 0 bridgehead atoms. The number of anilines is 1. The Labute approximate surface area is 115 Å². The molecule has 0 aromatic carbocycles. The summed E-state index contributed by atoms with van der Waals surface area (Å²) in [4.78, 5) is 8.05. The van der Waals surface area contributed by atoms with Crippen molar-refractivity contribution in [2.75, 3.05) is 18.4 Å². The van der Waals surface area contributed by atoms with E-state index in [1.54, 1.807) is 0 Å². The van der Waals surface area contributed by atoms with E-state index >= 15 is 0 Å². The molecule has 2 N–H and O–H groups in total. The highest BCUT2D eigenvalue weighted by molar-refractivity contribution is 5.38. The average Bonchev–Trinajstić information content (AvgIpc) is 2.89. The van der Waals surface area contributed by atoms with Gasteiger partial charge in [0.05, 0.1) is 0 Å². The van der Waals surface area contributed by atoms with Crippen molar-refractivity contribution in [3.63, 3.8) is 0 Å². The largest absolute Gasteiger partial charge is 0.433 e. The average molecular weight is 286 g/mol. The zero-order valence-corrected chi connectivity index (χ0v) is 11.1. The van der Waals surface area contributed by atoms with Crippen molar-refractivity contribution in [3.8, 4) is 0 Å². The summed E-state index contributed by atoms with van der Waals surface area (Å²) in [6.45, 7) is 1.61. The number of nitrogens with zero attached hydrogens (tertiary/aromatic N) is 2. The normalized spacial score (nSPS) is 22.6. The summed E-state index contributed by atoms with van der Waals surface area (Å²) in [6, 6.07) is 0.109. The lowest BCUT2D eigenvalue weighted by atomic mass is 9.94. The molecule has 110 valence electrons. The SMILES string of the molecule is FC(F)(F)c1nc(NC2CCNC2)nc2c1CCCC2. The van der Waals surface area contributed by atoms with Crippen LogP contribution >= 0.6 is 0 Å². The Balaban J connectivity index is 1.94. The van der Waals surface area contributed by atoms with Gasteiger partial charge in [-0.05, 0) is 38.6 Å². The standard InChI is InChI=1S/C13H17F3N4/c14-13(15,16)11-9-3-1-2-4-10(9)19-12(20-11)18-8-5-6-17-7-8/h8,17H,1-7H2,(H,18,19,20). The summed E-state index contributed by atoms with van der Waals surface area (Å²) >= 11 is 0. The summed E-state index contributed by atoms with van der Waals surface area (Å²) in [5.41, 5.74) is 0.0986. The molecule has 20 heavy (non-hydrogen) atoms. The summed E-state index contributed by atoms with van der Waals surface area (Å²) in [6.07, 6.45) is -0.824. The fraction of sp³-hybridized carbons (Fsp3) is 0.692. The van der Waals surface area contributed by atoms with Gasteiger partial charge in [0.2, 0.25) is 5.95 Å². The maximum absolute atomic E-state index is 13.1. The maximum atomic E-state index is 13.1. The van der Waals surface area contributed by atoms with Gasteiger partial charge in [0.1, 0.15) is 0 Å². The van der Waals surface area contributed by atoms with Crippen molar-refractivity contribution in [1.29, 1.82) is 0 Å².